The number of carbonyl (C=O) groups excluding carboxylic acids is 1. The van der Waals surface area contributed by atoms with Gasteiger partial charge in [-0.1, -0.05) is 18.7 Å². The third-order valence-corrected chi connectivity index (χ3v) is 4.52. The molecule has 6 nitrogen and oxygen atoms in total. The standard InChI is InChI=1S/C15H15FN4O2S/c1-3-11(14(21)22-4-2)23-15-18-13-12(19-20-15)9-7-8(16)5-6-10(9)17-13/h5-7,11H,3-4H2,1-2H3,(H,17,18,20)/t11-/m0/s1. The Balaban J connectivity index is 1.93. The summed E-state index contributed by atoms with van der Waals surface area (Å²) in [6, 6.07) is 4.40. The van der Waals surface area contributed by atoms with Gasteiger partial charge in [-0.05, 0) is 31.5 Å². The van der Waals surface area contributed by atoms with Gasteiger partial charge < -0.3 is 9.72 Å². The molecule has 1 aromatic carbocycles. The third-order valence-electron chi connectivity index (χ3n) is 3.33. The molecule has 23 heavy (non-hydrogen) atoms. The van der Waals surface area contributed by atoms with Crippen molar-refractivity contribution in [3.05, 3.63) is 24.0 Å². The molecule has 2 heterocycles. The summed E-state index contributed by atoms with van der Waals surface area (Å²) in [5, 5.41) is 8.79. The maximum Gasteiger partial charge on any atom is 0.319 e. The van der Waals surface area contributed by atoms with E-state index < -0.39 is 0 Å². The lowest BCUT2D eigenvalue weighted by Crippen LogP contribution is -2.19. The van der Waals surface area contributed by atoms with E-state index in [9.17, 15) is 9.18 Å². The Morgan fingerprint density at radius 2 is 2.22 bits per heavy atom. The molecule has 1 N–H and O–H groups in total. The van der Waals surface area contributed by atoms with E-state index in [1.807, 2.05) is 6.92 Å². The number of thioether (sulfide) groups is 1. The number of aromatic nitrogens is 4. The van der Waals surface area contributed by atoms with Crippen LogP contribution in [0.2, 0.25) is 0 Å². The Morgan fingerprint density at radius 1 is 1.39 bits per heavy atom. The van der Waals surface area contributed by atoms with Crippen LogP contribution >= 0.6 is 11.8 Å². The summed E-state index contributed by atoms with van der Waals surface area (Å²) in [4.78, 5) is 19.3. The lowest BCUT2D eigenvalue weighted by atomic mass is 10.2. The summed E-state index contributed by atoms with van der Waals surface area (Å²) in [7, 11) is 0. The molecule has 0 spiro atoms. The highest BCUT2D eigenvalue weighted by Gasteiger charge is 2.21. The van der Waals surface area contributed by atoms with Crippen LogP contribution in [0.1, 0.15) is 20.3 Å². The van der Waals surface area contributed by atoms with Gasteiger partial charge in [0.15, 0.2) is 5.65 Å². The molecule has 0 aliphatic heterocycles. The van der Waals surface area contributed by atoms with Crippen molar-refractivity contribution >= 4 is 39.8 Å². The molecular formula is C15H15FN4O2S. The molecule has 120 valence electrons. The normalized spacial score (nSPS) is 12.7. The predicted octanol–water partition coefficient (Wildman–Crippen LogP) is 3.08. The molecule has 8 heteroatoms. The van der Waals surface area contributed by atoms with Crippen LogP contribution in [0.15, 0.2) is 23.4 Å². The first-order chi connectivity index (χ1) is 11.1. The Hall–Kier alpha value is -2.22. The van der Waals surface area contributed by atoms with Crippen LogP contribution in [0.25, 0.3) is 22.1 Å². The van der Waals surface area contributed by atoms with E-state index in [-0.39, 0.29) is 17.0 Å². The van der Waals surface area contributed by atoms with Crippen LogP contribution in [0.4, 0.5) is 4.39 Å². The zero-order valence-electron chi connectivity index (χ0n) is 12.7. The van der Waals surface area contributed by atoms with Crippen molar-refractivity contribution in [1.29, 1.82) is 0 Å². The monoisotopic (exact) mass is 334 g/mol. The van der Waals surface area contributed by atoms with E-state index in [4.69, 9.17) is 4.74 Å². The van der Waals surface area contributed by atoms with Crippen molar-refractivity contribution in [3.63, 3.8) is 0 Å². The van der Waals surface area contributed by atoms with Gasteiger partial charge in [0.05, 0.1) is 6.61 Å². The number of hydrogen-bond donors (Lipinski definition) is 1. The molecule has 0 amide bonds. The smallest absolute Gasteiger partial charge is 0.319 e. The predicted molar refractivity (Wildman–Crippen MR) is 85.7 cm³/mol. The zero-order chi connectivity index (χ0) is 16.4. The number of fused-ring (bicyclic) bond motifs is 3. The average molecular weight is 334 g/mol. The van der Waals surface area contributed by atoms with Crippen LogP contribution in [-0.4, -0.2) is 38.0 Å². The van der Waals surface area contributed by atoms with E-state index in [1.54, 1.807) is 13.0 Å². The van der Waals surface area contributed by atoms with Gasteiger partial charge in [0, 0.05) is 10.9 Å². The topological polar surface area (TPSA) is 80.8 Å². The Labute approximate surface area is 135 Å². The number of esters is 1. The van der Waals surface area contributed by atoms with Gasteiger partial charge in [-0.3, -0.25) is 4.79 Å². The van der Waals surface area contributed by atoms with Crippen molar-refractivity contribution in [1.82, 2.24) is 20.2 Å². The van der Waals surface area contributed by atoms with Crippen molar-refractivity contribution < 1.29 is 13.9 Å². The summed E-state index contributed by atoms with van der Waals surface area (Å²) in [5.74, 6) is -0.630. The minimum absolute atomic E-state index is 0.289. The van der Waals surface area contributed by atoms with Gasteiger partial charge in [-0.25, -0.2) is 9.37 Å². The summed E-state index contributed by atoms with van der Waals surface area (Å²) in [5.41, 5.74) is 1.76. The van der Waals surface area contributed by atoms with E-state index in [2.05, 4.69) is 20.2 Å². The molecule has 0 radical (unpaired) electrons. The Morgan fingerprint density at radius 3 is 2.96 bits per heavy atom. The third kappa shape index (κ3) is 3.12. The maximum atomic E-state index is 13.4. The number of carbonyl (C=O) groups is 1. The van der Waals surface area contributed by atoms with Gasteiger partial charge >= 0.3 is 5.97 Å². The fourth-order valence-electron chi connectivity index (χ4n) is 2.24. The summed E-state index contributed by atoms with van der Waals surface area (Å²) in [6.45, 7) is 4.00. The van der Waals surface area contributed by atoms with E-state index in [0.29, 0.717) is 34.7 Å². The largest absolute Gasteiger partial charge is 0.465 e. The number of benzene rings is 1. The van der Waals surface area contributed by atoms with Crippen LogP contribution in [0.5, 0.6) is 0 Å². The lowest BCUT2D eigenvalue weighted by Gasteiger charge is -2.11. The van der Waals surface area contributed by atoms with Crippen LogP contribution < -0.4 is 0 Å². The van der Waals surface area contributed by atoms with E-state index in [0.717, 1.165) is 5.52 Å². The van der Waals surface area contributed by atoms with E-state index >= 15 is 0 Å². The first-order valence-corrected chi connectivity index (χ1v) is 8.15. The quantitative estimate of drug-likeness (QED) is 0.570. The highest BCUT2D eigenvalue weighted by Crippen LogP contribution is 2.27. The van der Waals surface area contributed by atoms with E-state index in [1.165, 1.54) is 23.9 Å². The number of aromatic amines is 1. The Bertz CT molecular complexity index is 867. The summed E-state index contributed by atoms with van der Waals surface area (Å²) < 4.78 is 18.4. The maximum absolute atomic E-state index is 13.4. The van der Waals surface area contributed by atoms with Gasteiger partial charge in [0.2, 0.25) is 5.16 Å². The number of rotatable bonds is 5. The van der Waals surface area contributed by atoms with Crippen LogP contribution in [-0.2, 0) is 9.53 Å². The zero-order valence-corrected chi connectivity index (χ0v) is 13.5. The summed E-state index contributed by atoms with van der Waals surface area (Å²) >= 11 is 1.21. The average Bonchev–Trinajstić information content (AvgIpc) is 2.89. The second kappa shape index (κ2) is 6.49. The van der Waals surface area contributed by atoms with Gasteiger partial charge in [0.25, 0.3) is 0 Å². The molecule has 0 bridgehead atoms. The molecule has 3 rings (SSSR count). The molecule has 0 saturated carbocycles. The molecule has 3 aromatic rings. The number of ether oxygens (including phenoxy) is 1. The van der Waals surface area contributed by atoms with Crippen molar-refractivity contribution in [2.24, 2.45) is 0 Å². The second-order valence-corrected chi connectivity index (χ2v) is 6.04. The van der Waals surface area contributed by atoms with Crippen molar-refractivity contribution in [2.75, 3.05) is 6.61 Å². The summed E-state index contributed by atoms with van der Waals surface area (Å²) in [6.07, 6.45) is 0.600. The highest BCUT2D eigenvalue weighted by molar-refractivity contribution is 8.00. The molecule has 1 atom stereocenters. The number of halogens is 1. The van der Waals surface area contributed by atoms with Gasteiger partial charge in [0.1, 0.15) is 16.6 Å². The number of nitrogens with one attached hydrogen (secondary N) is 1. The molecule has 0 saturated heterocycles. The SMILES string of the molecule is CCOC(=O)[C@H](CC)Sc1nnc2c(n1)[nH]c1ccc(F)cc12. The van der Waals surface area contributed by atoms with Crippen molar-refractivity contribution in [3.8, 4) is 0 Å². The minimum Gasteiger partial charge on any atom is -0.465 e. The van der Waals surface area contributed by atoms with Crippen molar-refractivity contribution in [2.45, 2.75) is 30.7 Å². The van der Waals surface area contributed by atoms with Gasteiger partial charge in [-0.15, -0.1) is 10.2 Å². The fourth-order valence-corrected chi connectivity index (χ4v) is 3.06. The lowest BCUT2D eigenvalue weighted by molar-refractivity contribution is -0.142. The second-order valence-electron chi connectivity index (χ2n) is 4.87. The molecule has 0 unspecified atom stereocenters. The van der Waals surface area contributed by atoms with Crippen LogP contribution in [0, 0.1) is 5.82 Å². The fraction of sp³-hybridized carbons (Fsp3) is 0.333. The Kier molecular flexibility index (Phi) is 4.42. The first kappa shape index (κ1) is 15.7. The molecule has 0 aliphatic carbocycles. The van der Waals surface area contributed by atoms with Crippen LogP contribution in [0.3, 0.4) is 0 Å². The molecular weight excluding hydrogens is 319 g/mol. The molecule has 2 aromatic heterocycles. The molecule has 0 fully saturated rings. The molecule has 0 aliphatic rings. The highest BCUT2D eigenvalue weighted by atomic mass is 32.2. The number of H-pyrrole nitrogens is 1. The number of nitrogens with zero attached hydrogens (tertiary/aromatic N) is 3. The first-order valence-electron chi connectivity index (χ1n) is 7.27. The minimum atomic E-state index is -0.379. The number of hydrogen-bond acceptors (Lipinski definition) is 6. The van der Waals surface area contributed by atoms with Gasteiger partial charge in [-0.2, -0.15) is 0 Å².